The molecule has 0 radical (unpaired) electrons. The lowest BCUT2D eigenvalue weighted by Crippen LogP contribution is -2.28. The second-order valence-corrected chi connectivity index (χ2v) is 7.16. The molecule has 1 aromatic carbocycles. The predicted molar refractivity (Wildman–Crippen MR) is 125 cm³/mol. The molecule has 0 aliphatic rings. The highest BCUT2D eigenvalue weighted by atomic mass is 35.5. The van der Waals surface area contributed by atoms with E-state index in [9.17, 15) is 0 Å². The van der Waals surface area contributed by atoms with Crippen molar-refractivity contribution in [1.82, 2.24) is 14.4 Å². The first-order valence-electron chi connectivity index (χ1n) is 9.61. The molecule has 3 aromatic rings. The fraction of sp³-hybridized carbons (Fsp3) is 0.130. The molecule has 0 aliphatic heterocycles. The number of hydrazine groups is 1. The standard InChI is InChI=1S/C23H25ClN6/c1-2-3-6-17(12-13-25)15-29(27)16-20(26)23-22(18-8-10-19(24)11-9-18)28-21-7-4-5-14-30(21)23/h3-14,16,25H,2,15,26-27H2,1H3/b6-3-,17-12+,20-16-,25-13?. The fourth-order valence-corrected chi connectivity index (χ4v) is 3.24. The second kappa shape index (κ2) is 9.91. The van der Waals surface area contributed by atoms with Crippen molar-refractivity contribution in [3.63, 3.8) is 0 Å². The van der Waals surface area contributed by atoms with Crippen LogP contribution in [0.1, 0.15) is 19.0 Å². The van der Waals surface area contributed by atoms with Crippen LogP contribution in [-0.4, -0.2) is 27.2 Å². The highest BCUT2D eigenvalue weighted by Crippen LogP contribution is 2.29. The Hall–Kier alpha value is -3.35. The van der Waals surface area contributed by atoms with E-state index >= 15 is 0 Å². The van der Waals surface area contributed by atoms with Crippen LogP contribution < -0.4 is 11.6 Å². The first-order valence-corrected chi connectivity index (χ1v) is 9.99. The minimum atomic E-state index is 0.416. The number of hydrogen-bond acceptors (Lipinski definition) is 5. The number of allylic oxidation sites excluding steroid dienone is 2. The zero-order chi connectivity index (χ0) is 21.5. The van der Waals surface area contributed by atoms with Gasteiger partial charge >= 0.3 is 0 Å². The summed E-state index contributed by atoms with van der Waals surface area (Å²) in [5.41, 5.74) is 11.1. The average Bonchev–Trinajstić information content (AvgIpc) is 3.12. The van der Waals surface area contributed by atoms with E-state index in [1.807, 2.05) is 65.2 Å². The Kier molecular flexibility index (Phi) is 7.06. The number of hydrogen-bond donors (Lipinski definition) is 3. The Labute approximate surface area is 181 Å². The quantitative estimate of drug-likeness (QED) is 0.214. The van der Waals surface area contributed by atoms with Crippen LogP contribution in [0.15, 0.2) is 78.7 Å². The molecule has 6 nitrogen and oxygen atoms in total. The highest BCUT2D eigenvalue weighted by molar-refractivity contribution is 6.30. The van der Waals surface area contributed by atoms with E-state index in [2.05, 4.69) is 6.92 Å². The number of fused-ring (bicyclic) bond motifs is 1. The van der Waals surface area contributed by atoms with E-state index in [4.69, 9.17) is 33.6 Å². The van der Waals surface area contributed by atoms with E-state index < -0.39 is 0 Å². The molecule has 0 bridgehead atoms. The van der Waals surface area contributed by atoms with Gasteiger partial charge in [0, 0.05) is 29.2 Å². The molecule has 0 amide bonds. The number of rotatable bonds is 8. The van der Waals surface area contributed by atoms with Crippen molar-refractivity contribution in [2.75, 3.05) is 6.54 Å². The minimum absolute atomic E-state index is 0.416. The van der Waals surface area contributed by atoms with E-state index in [1.54, 1.807) is 12.3 Å². The van der Waals surface area contributed by atoms with Gasteiger partial charge in [0.2, 0.25) is 0 Å². The topological polar surface area (TPSA) is 96.4 Å². The first kappa shape index (κ1) is 21.4. The molecule has 0 unspecified atom stereocenters. The van der Waals surface area contributed by atoms with Gasteiger partial charge in [0.15, 0.2) is 0 Å². The zero-order valence-corrected chi connectivity index (χ0v) is 17.6. The molecule has 5 N–H and O–H groups in total. The van der Waals surface area contributed by atoms with Crippen LogP contribution in [0.2, 0.25) is 5.02 Å². The van der Waals surface area contributed by atoms with Crippen LogP contribution in [-0.2, 0) is 0 Å². The molecule has 0 aliphatic carbocycles. The Bertz CT molecular complexity index is 1110. The predicted octanol–water partition coefficient (Wildman–Crippen LogP) is 4.63. The van der Waals surface area contributed by atoms with Gasteiger partial charge in [0.05, 0.1) is 23.6 Å². The van der Waals surface area contributed by atoms with Crippen molar-refractivity contribution in [3.8, 4) is 11.3 Å². The third-order valence-corrected chi connectivity index (χ3v) is 4.71. The lowest BCUT2D eigenvalue weighted by Gasteiger charge is -2.16. The van der Waals surface area contributed by atoms with Gasteiger partial charge < -0.3 is 16.2 Å². The van der Waals surface area contributed by atoms with Crippen molar-refractivity contribution in [2.24, 2.45) is 11.6 Å². The minimum Gasteiger partial charge on any atom is -0.396 e. The molecule has 30 heavy (non-hydrogen) atoms. The number of benzene rings is 1. The normalized spacial score (nSPS) is 12.6. The number of pyridine rings is 1. The molecule has 0 saturated heterocycles. The van der Waals surface area contributed by atoms with E-state index in [0.717, 1.165) is 34.6 Å². The van der Waals surface area contributed by atoms with Crippen LogP contribution in [0, 0.1) is 5.41 Å². The fourth-order valence-electron chi connectivity index (χ4n) is 3.11. The van der Waals surface area contributed by atoms with Gasteiger partial charge in [0.25, 0.3) is 0 Å². The molecule has 0 spiro atoms. The average molecular weight is 421 g/mol. The van der Waals surface area contributed by atoms with Crippen molar-refractivity contribution >= 4 is 29.2 Å². The SMILES string of the molecule is CC/C=C\C(=C/C=N)CN(N)/C=C(\N)c1c(-c2ccc(Cl)cc2)nc2ccccn12. The van der Waals surface area contributed by atoms with Crippen LogP contribution in [0.3, 0.4) is 0 Å². The van der Waals surface area contributed by atoms with E-state index in [0.29, 0.717) is 17.3 Å². The summed E-state index contributed by atoms with van der Waals surface area (Å²) in [6, 6.07) is 13.3. The van der Waals surface area contributed by atoms with Crippen molar-refractivity contribution in [1.29, 1.82) is 5.41 Å². The molecular formula is C23H25ClN6. The van der Waals surface area contributed by atoms with Gasteiger partial charge in [-0.15, -0.1) is 0 Å². The maximum absolute atomic E-state index is 7.34. The smallest absolute Gasteiger partial charge is 0.137 e. The number of imidazole rings is 1. The number of aromatic nitrogens is 2. The van der Waals surface area contributed by atoms with Crippen LogP contribution in [0.5, 0.6) is 0 Å². The molecule has 3 rings (SSSR count). The zero-order valence-electron chi connectivity index (χ0n) is 16.8. The van der Waals surface area contributed by atoms with Gasteiger partial charge in [-0.05, 0) is 42.3 Å². The molecule has 7 heteroatoms. The summed E-state index contributed by atoms with van der Waals surface area (Å²) in [6.45, 7) is 2.47. The van der Waals surface area contributed by atoms with Crippen molar-refractivity contribution in [3.05, 3.63) is 89.4 Å². The number of nitrogens with two attached hydrogens (primary N) is 2. The molecule has 2 aromatic heterocycles. The molecule has 154 valence electrons. The maximum Gasteiger partial charge on any atom is 0.137 e. The molecular weight excluding hydrogens is 396 g/mol. The second-order valence-electron chi connectivity index (χ2n) is 6.72. The summed E-state index contributed by atoms with van der Waals surface area (Å²) in [5.74, 6) is 6.22. The number of nitrogens with zero attached hydrogens (tertiary/aromatic N) is 3. The largest absolute Gasteiger partial charge is 0.396 e. The summed E-state index contributed by atoms with van der Waals surface area (Å²) in [6.07, 6.45) is 11.5. The van der Waals surface area contributed by atoms with E-state index in [-0.39, 0.29) is 0 Å². The summed E-state index contributed by atoms with van der Waals surface area (Å²) >= 11 is 6.05. The summed E-state index contributed by atoms with van der Waals surface area (Å²) in [5, 5.41) is 9.51. The van der Waals surface area contributed by atoms with Crippen LogP contribution >= 0.6 is 11.6 Å². The summed E-state index contributed by atoms with van der Waals surface area (Å²) in [4.78, 5) is 4.76. The Morgan fingerprint density at radius 1 is 1.23 bits per heavy atom. The van der Waals surface area contributed by atoms with Gasteiger partial charge in [-0.2, -0.15) is 0 Å². The molecule has 0 fully saturated rings. The van der Waals surface area contributed by atoms with Crippen LogP contribution in [0.25, 0.3) is 22.6 Å². The third-order valence-electron chi connectivity index (χ3n) is 4.46. The molecule has 0 saturated carbocycles. The highest BCUT2D eigenvalue weighted by Gasteiger charge is 2.16. The Balaban J connectivity index is 2.01. The lowest BCUT2D eigenvalue weighted by atomic mass is 10.1. The maximum atomic E-state index is 7.34. The van der Waals surface area contributed by atoms with Gasteiger partial charge in [-0.3, -0.25) is 4.40 Å². The molecule has 0 atom stereocenters. The van der Waals surface area contributed by atoms with Crippen molar-refractivity contribution < 1.29 is 0 Å². The van der Waals surface area contributed by atoms with Gasteiger partial charge in [0.1, 0.15) is 5.65 Å². The van der Waals surface area contributed by atoms with E-state index in [1.165, 1.54) is 11.2 Å². The lowest BCUT2D eigenvalue weighted by molar-refractivity contribution is 0.432. The van der Waals surface area contributed by atoms with Gasteiger partial charge in [-0.1, -0.05) is 48.9 Å². The third kappa shape index (κ3) is 4.97. The monoisotopic (exact) mass is 420 g/mol. The number of nitrogens with one attached hydrogen (secondary N) is 1. The van der Waals surface area contributed by atoms with Crippen molar-refractivity contribution in [2.45, 2.75) is 13.3 Å². The Morgan fingerprint density at radius 3 is 2.70 bits per heavy atom. The van der Waals surface area contributed by atoms with Gasteiger partial charge in [-0.25, -0.2) is 10.8 Å². The summed E-state index contributed by atoms with van der Waals surface area (Å²) in [7, 11) is 0. The first-order chi connectivity index (χ1) is 14.5. The number of halogens is 1. The summed E-state index contributed by atoms with van der Waals surface area (Å²) < 4.78 is 1.94. The molecule has 2 heterocycles. The Morgan fingerprint density at radius 2 is 2.00 bits per heavy atom. The van der Waals surface area contributed by atoms with Crippen LogP contribution in [0.4, 0.5) is 0 Å².